The molecular formula is C18H25N3. The molecule has 1 aromatic carbocycles. The number of aromatic nitrogens is 2. The Balaban J connectivity index is 1.78. The van der Waals surface area contributed by atoms with Crippen LogP contribution in [0.5, 0.6) is 0 Å². The molecule has 3 rings (SSSR count). The van der Waals surface area contributed by atoms with Crippen molar-refractivity contribution in [3.8, 4) is 5.69 Å². The molecule has 1 aliphatic rings. The number of hydrogen-bond donors (Lipinski definition) is 1. The summed E-state index contributed by atoms with van der Waals surface area (Å²) in [5.74, 6) is 0.975. The topological polar surface area (TPSA) is 29.9 Å². The molecule has 1 heterocycles. The molecule has 21 heavy (non-hydrogen) atoms. The van der Waals surface area contributed by atoms with Gasteiger partial charge in [0.1, 0.15) is 0 Å². The van der Waals surface area contributed by atoms with Gasteiger partial charge < -0.3 is 5.32 Å². The van der Waals surface area contributed by atoms with Crippen molar-refractivity contribution in [1.82, 2.24) is 9.55 Å². The van der Waals surface area contributed by atoms with Gasteiger partial charge in [-0.3, -0.25) is 4.57 Å². The lowest BCUT2D eigenvalue weighted by Gasteiger charge is -2.34. The third kappa shape index (κ3) is 3.29. The molecule has 1 aromatic heterocycles. The lowest BCUT2D eigenvalue weighted by molar-refractivity contribution is 0.232. The predicted octanol–water partition coefficient (Wildman–Crippen LogP) is 4.56. The highest BCUT2D eigenvalue weighted by Crippen LogP contribution is 2.36. The second-order valence-corrected chi connectivity index (χ2v) is 6.99. The van der Waals surface area contributed by atoms with Crippen LogP contribution in [0.15, 0.2) is 36.5 Å². The van der Waals surface area contributed by atoms with Gasteiger partial charge in [0.15, 0.2) is 0 Å². The Kier molecular flexibility index (Phi) is 3.75. The smallest absolute Gasteiger partial charge is 0.207 e. The van der Waals surface area contributed by atoms with Gasteiger partial charge in [0.25, 0.3) is 0 Å². The van der Waals surface area contributed by atoms with Gasteiger partial charge in [-0.1, -0.05) is 32.0 Å². The van der Waals surface area contributed by atoms with Gasteiger partial charge in [-0.15, -0.1) is 0 Å². The van der Waals surface area contributed by atoms with Crippen LogP contribution >= 0.6 is 0 Å². The number of nitrogens with zero attached hydrogens (tertiary/aromatic N) is 2. The molecule has 0 bridgehead atoms. The van der Waals surface area contributed by atoms with E-state index >= 15 is 0 Å². The first-order valence-electron chi connectivity index (χ1n) is 7.91. The van der Waals surface area contributed by atoms with Crippen molar-refractivity contribution in [2.24, 2.45) is 5.41 Å². The molecule has 112 valence electrons. The fourth-order valence-electron chi connectivity index (χ4n) is 3.11. The zero-order valence-electron chi connectivity index (χ0n) is 13.3. The molecule has 1 aliphatic carbocycles. The van der Waals surface area contributed by atoms with E-state index in [0.717, 1.165) is 17.3 Å². The zero-order valence-corrected chi connectivity index (χ0v) is 13.3. The maximum absolute atomic E-state index is 4.67. The number of imidazole rings is 1. The highest BCUT2D eigenvalue weighted by Gasteiger charge is 2.27. The number of benzene rings is 1. The van der Waals surface area contributed by atoms with Crippen molar-refractivity contribution >= 4 is 5.95 Å². The fraction of sp³-hybridized carbons (Fsp3) is 0.500. The minimum atomic E-state index is 0.503. The van der Waals surface area contributed by atoms with Gasteiger partial charge in [-0.05, 0) is 50.2 Å². The van der Waals surface area contributed by atoms with E-state index in [1.165, 1.54) is 25.7 Å². The van der Waals surface area contributed by atoms with Crippen LogP contribution in [0.3, 0.4) is 0 Å². The van der Waals surface area contributed by atoms with E-state index in [2.05, 4.69) is 66.1 Å². The molecule has 0 radical (unpaired) electrons. The lowest BCUT2D eigenvalue weighted by Crippen LogP contribution is -2.30. The number of aryl methyl sites for hydroxylation is 1. The second-order valence-electron chi connectivity index (χ2n) is 6.99. The normalized spacial score (nSPS) is 18.6. The summed E-state index contributed by atoms with van der Waals surface area (Å²) in [6, 6.07) is 11.0. The van der Waals surface area contributed by atoms with Gasteiger partial charge in [-0.2, -0.15) is 0 Å². The first kappa shape index (κ1) is 14.2. The van der Waals surface area contributed by atoms with Crippen LogP contribution in [0.2, 0.25) is 0 Å². The highest BCUT2D eigenvalue weighted by molar-refractivity contribution is 5.43. The maximum Gasteiger partial charge on any atom is 0.207 e. The predicted molar refractivity (Wildman–Crippen MR) is 88.0 cm³/mol. The first-order chi connectivity index (χ1) is 10.0. The zero-order chi connectivity index (χ0) is 14.9. The molecule has 1 fully saturated rings. The third-order valence-electron chi connectivity index (χ3n) is 4.53. The van der Waals surface area contributed by atoms with E-state index in [1.807, 2.05) is 6.07 Å². The van der Waals surface area contributed by atoms with E-state index < -0.39 is 0 Å². The average molecular weight is 283 g/mol. The summed E-state index contributed by atoms with van der Waals surface area (Å²) in [7, 11) is 0. The van der Waals surface area contributed by atoms with E-state index in [0.29, 0.717) is 11.5 Å². The van der Waals surface area contributed by atoms with Crippen LogP contribution in [-0.2, 0) is 0 Å². The van der Waals surface area contributed by atoms with E-state index in [4.69, 9.17) is 0 Å². The molecule has 0 saturated heterocycles. The third-order valence-corrected chi connectivity index (χ3v) is 4.53. The van der Waals surface area contributed by atoms with Crippen molar-refractivity contribution in [1.29, 1.82) is 0 Å². The second kappa shape index (κ2) is 5.55. The monoisotopic (exact) mass is 283 g/mol. The van der Waals surface area contributed by atoms with E-state index in [1.54, 1.807) is 0 Å². The van der Waals surface area contributed by atoms with Crippen molar-refractivity contribution < 1.29 is 0 Å². The summed E-state index contributed by atoms with van der Waals surface area (Å²) in [6.45, 7) is 6.80. The van der Waals surface area contributed by atoms with Crippen molar-refractivity contribution in [2.45, 2.75) is 52.5 Å². The quantitative estimate of drug-likeness (QED) is 0.894. The van der Waals surface area contributed by atoms with E-state index in [9.17, 15) is 0 Å². The number of nitrogens with one attached hydrogen (secondary N) is 1. The molecule has 1 saturated carbocycles. The molecule has 2 aromatic rings. The lowest BCUT2D eigenvalue weighted by atomic mass is 9.76. The molecule has 0 atom stereocenters. The van der Waals surface area contributed by atoms with E-state index in [-0.39, 0.29) is 0 Å². The van der Waals surface area contributed by atoms with Crippen LogP contribution in [0.25, 0.3) is 5.69 Å². The van der Waals surface area contributed by atoms with Gasteiger partial charge in [-0.25, -0.2) is 4.98 Å². The molecule has 3 heteroatoms. The van der Waals surface area contributed by atoms with Crippen LogP contribution < -0.4 is 5.32 Å². The van der Waals surface area contributed by atoms with Crippen molar-refractivity contribution in [3.63, 3.8) is 0 Å². The van der Waals surface area contributed by atoms with Gasteiger partial charge in [0.2, 0.25) is 5.95 Å². The first-order valence-corrected chi connectivity index (χ1v) is 7.91. The number of para-hydroxylation sites is 1. The summed E-state index contributed by atoms with van der Waals surface area (Å²) in [5, 5.41) is 3.66. The van der Waals surface area contributed by atoms with Gasteiger partial charge in [0, 0.05) is 17.9 Å². The molecule has 3 nitrogen and oxygen atoms in total. The Hall–Kier alpha value is -1.77. The number of anilines is 1. The Morgan fingerprint density at radius 3 is 2.48 bits per heavy atom. The molecule has 0 aliphatic heterocycles. The molecular weight excluding hydrogens is 258 g/mol. The fourth-order valence-corrected chi connectivity index (χ4v) is 3.11. The average Bonchev–Trinajstić information content (AvgIpc) is 2.83. The van der Waals surface area contributed by atoms with Crippen molar-refractivity contribution in [2.75, 3.05) is 5.32 Å². The molecule has 0 unspecified atom stereocenters. The van der Waals surface area contributed by atoms with Gasteiger partial charge in [0.05, 0.1) is 5.69 Å². The van der Waals surface area contributed by atoms with Crippen LogP contribution in [-0.4, -0.2) is 15.6 Å². The largest absolute Gasteiger partial charge is 0.353 e. The summed E-state index contributed by atoms with van der Waals surface area (Å²) < 4.78 is 2.16. The maximum atomic E-state index is 4.67. The Morgan fingerprint density at radius 2 is 1.81 bits per heavy atom. The summed E-state index contributed by atoms with van der Waals surface area (Å²) in [5.41, 5.74) is 2.72. The van der Waals surface area contributed by atoms with Crippen LogP contribution in [0.1, 0.15) is 45.2 Å². The number of rotatable bonds is 3. The molecule has 0 spiro atoms. The standard InChI is InChI=1S/C18H25N3/c1-14-13-21(16-7-5-4-6-8-16)17(19-14)20-15-9-11-18(2,3)12-10-15/h4-8,13,15H,9-12H2,1-3H3,(H,19,20). The minimum absolute atomic E-state index is 0.503. The number of hydrogen-bond acceptors (Lipinski definition) is 2. The Morgan fingerprint density at radius 1 is 1.14 bits per heavy atom. The van der Waals surface area contributed by atoms with Crippen LogP contribution in [0, 0.1) is 12.3 Å². The summed E-state index contributed by atoms with van der Waals surface area (Å²) in [6.07, 6.45) is 7.14. The molecule has 1 N–H and O–H groups in total. The minimum Gasteiger partial charge on any atom is -0.353 e. The summed E-state index contributed by atoms with van der Waals surface area (Å²) >= 11 is 0. The van der Waals surface area contributed by atoms with Crippen LogP contribution in [0.4, 0.5) is 5.95 Å². The highest BCUT2D eigenvalue weighted by atomic mass is 15.2. The van der Waals surface area contributed by atoms with Gasteiger partial charge >= 0.3 is 0 Å². The SMILES string of the molecule is Cc1cn(-c2ccccc2)c(NC2CCC(C)(C)CC2)n1. The Labute approximate surface area is 127 Å². The van der Waals surface area contributed by atoms with Crippen molar-refractivity contribution in [3.05, 3.63) is 42.2 Å². The Bertz CT molecular complexity index is 588. The summed E-state index contributed by atoms with van der Waals surface area (Å²) in [4.78, 5) is 4.67. The molecule has 0 amide bonds.